The predicted octanol–water partition coefficient (Wildman–Crippen LogP) is 3.59. The SMILES string of the molecule is O=C(O)C1Sc2ccccc2-c2ccccc21. The maximum atomic E-state index is 11.3. The zero-order valence-electron chi connectivity index (χ0n) is 8.96. The summed E-state index contributed by atoms with van der Waals surface area (Å²) in [4.78, 5) is 12.3. The highest BCUT2D eigenvalue weighted by Gasteiger charge is 2.29. The first-order chi connectivity index (χ1) is 8.27. The Morgan fingerprint density at radius 1 is 1.00 bits per heavy atom. The molecule has 84 valence electrons. The molecule has 0 spiro atoms. The fourth-order valence-corrected chi connectivity index (χ4v) is 3.29. The molecule has 2 aromatic carbocycles. The van der Waals surface area contributed by atoms with Crippen molar-refractivity contribution in [3.8, 4) is 11.1 Å². The normalized spacial score (nSPS) is 17.1. The Bertz CT molecular complexity index is 592. The first-order valence-corrected chi connectivity index (χ1v) is 6.23. The lowest BCUT2D eigenvalue weighted by molar-refractivity contribution is -0.136. The van der Waals surface area contributed by atoms with Gasteiger partial charge in [0.1, 0.15) is 5.25 Å². The first kappa shape index (κ1) is 10.4. The van der Waals surface area contributed by atoms with E-state index in [1.807, 2.05) is 48.5 Å². The van der Waals surface area contributed by atoms with Crippen molar-refractivity contribution in [2.45, 2.75) is 10.1 Å². The van der Waals surface area contributed by atoms with Gasteiger partial charge in [-0.05, 0) is 22.8 Å². The molecule has 0 bridgehead atoms. The summed E-state index contributed by atoms with van der Waals surface area (Å²) in [5.41, 5.74) is 3.06. The minimum atomic E-state index is -0.781. The van der Waals surface area contributed by atoms with Gasteiger partial charge in [-0.25, -0.2) is 0 Å². The first-order valence-electron chi connectivity index (χ1n) is 5.35. The summed E-state index contributed by atoms with van der Waals surface area (Å²) in [7, 11) is 0. The molecule has 0 saturated carbocycles. The van der Waals surface area contributed by atoms with Crippen LogP contribution in [0.2, 0.25) is 0 Å². The fraction of sp³-hybridized carbons (Fsp3) is 0.0714. The van der Waals surface area contributed by atoms with Gasteiger partial charge in [0.2, 0.25) is 0 Å². The number of rotatable bonds is 1. The molecule has 1 unspecified atom stereocenters. The summed E-state index contributed by atoms with van der Waals surface area (Å²) in [6.07, 6.45) is 0. The van der Waals surface area contributed by atoms with Crippen molar-refractivity contribution in [2.75, 3.05) is 0 Å². The third kappa shape index (κ3) is 1.63. The standard InChI is InChI=1S/C14H10O2S/c15-14(16)13-11-7-2-1-5-9(11)10-6-3-4-8-12(10)17-13/h1-8,13H,(H,15,16). The van der Waals surface area contributed by atoms with E-state index < -0.39 is 11.2 Å². The number of carboxylic acids is 1. The summed E-state index contributed by atoms with van der Waals surface area (Å²) >= 11 is 1.41. The molecule has 17 heavy (non-hydrogen) atoms. The Labute approximate surface area is 103 Å². The number of aliphatic carboxylic acids is 1. The number of hydrogen-bond donors (Lipinski definition) is 1. The van der Waals surface area contributed by atoms with E-state index in [9.17, 15) is 9.90 Å². The highest BCUT2D eigenvalue weighted by Crippen LogP contribution is 2.48. The Morgan fingerprint density at radius 2 is 1.65 bits per heavy atom. The molecule has 3 heteroatoms. The van der Waals surface area contributed by atoms with Gasteiger partial charge in [-0.15, -0.1) is 11.8 Å². The van der Waals surface area contributed by atoms with Crippen molar-refractivity contribution < 1.29 is 9.90 Å². The van der Waals surface area contributed by atoms with E-state index >= 15 is 0 Å². The van der Waals surface area contributed by atoms with E-state index in [1.54, 1.807) is 0 Å². The maximum absolute atomic E-state index is 11.3. The van der Waals surface area contributed by atoms with Gasteiger partial charge in [-0.3, -0.25) is 4.79 Å². The van der Waals surface area contributed by atoms with E-state index in [-0.39, 0.29) is 0 Å². The van der Waals surface area contributed by atoms with Crippen molar-refractivity contribution in [1.29, 1.82) is 0 Å². The molecule has 2 aromatic rings. The number of carbonyl (C=O) groups is 1. The van der Waals surface area contributed by atoms with Crippen LogP contribution >= 0.6 is 11.8 Å². The Hall–Kier alpha value is -1.74. The van der Waals surface area contributed by atoms with Crippen LogP contribution in [0, 0.1) is 0 Å². The van der Waals surface area contributed by atoms with Gasteiger partial charge < -0.3 is 5.11 Å². The van der Waals surface area contributed by atoms with Crippen LogP contribution in [0.3, 0.4) is 0 Å². The van der Waals surface area contributed by atoms with Crippen LogP contribution < -0.4 is 0 Å². The number of carboxylic acid groups (broad SMARTS) is 1. The van der Waals surface area contributed by atoms with Gasteiger partial charge in [0.15, 0.2) is 0 Å². The maximum Gasteiger partial charge on any atom is 0.321 e. The van der Waals surface area contributed by atoms with Crippen molar-refractivity contribution in [3.63, 3.8) is 0 Å². The molecule has 0 radical (unpaired) electrons. The molecule has 1 N–H and O–H groups in total. The van der Waals surface area contributed by atoms with Crippen LogP contribution in [0.15, 0.2) is 53.4 Å². The van der Waals surface area contributed by atoms with Gasteiger partial charge in [0.25, 0.3) is 0 Å². The van der Waals surface area contributed by atoms with Gasteiger partial charge >= 0.3 is 5.97 Å². The van der Waals surface area contributed by atoms with E-state index in [0.717, 1.165) is 21.6 Å². The van der Waals surface area contributed by atoms with Crippen LogP contribution in [-0.4, -0.2) is 11.1 Å². The van der Waals surface area contributed by atoms with Gasteiger partial charge in [0, 0.05) is 4.90 Å². The van der Waals surface area contributed by atoms with Gasteiger partial charge in [0.05, 0.1) is 0 Å². The van der Waals surface area contributed by atoms with E-state index in [2.05, 4.69) is 0 Å². The van der Waals surface area contributed by atoms with Crippen LogP contribution in [0.4, 0.5) is 0 Å². The fourth-order valence-electron chi connectivity index (χ4n) is 2.14. The largest absolute Gasteiger partial charge is 0.480 e. The molecule has 0 aromatic heterocycles. The zero-order chi connectivity index (χ0) is 11.8. The molecule has 1 aliphatic rings. The smallest absolute Gasteiger partial charge is 0.321 e. The summed E-state index contributed by atoms with van der Waals surface area (Å²) in [6.45, 7) is 0. The van der Waals surface area contributed by atoms with E-state index in [1.165, 1.54) is 11.8 Å². The molecule has 3 rings (SSSR count). The van der Waals surface area contributed by atoms with Crippen LogP contribution in [0.1, 0.15) is 10.8 Å². The van der Waals surface area contributed by atoms with Crippen molar-refractivity contribution in [1.82, 2.24) is 0 Å². The molecule has 0 saturated heterocycles. The van der Waals surface area contributed by atoms with Crippen LogP contribution in [0.5, 0.6) is 0 Å². The molecule has 0 aliphatic carbocycles. The second-order valence-electron chi connectivity index (χ2n) is 3.92. The Morgan fingerprint density at radius 3 is 2.41 bits per heavy atom. The number of fused-ring (bicyclic) bond motifs is 3. The monoisotopic (exact) mass is 242 g/mol. The zero-order valence-corrected chi connectivity index (χ0v) is 9.78. The lowest BCUT2D eigenvalue weighted by atomic mass is 9.97. The summed E-state index contributed by atoms with van der Waals surface area (Å²) in [5, 5.41) is 8.79. The number of thioether (sulfide) groups is 1. The molecule has 0 fully saturated rings. The molecule has 1 aliphatic heterocycles. The lowest BCUT2D eigenvalue weighted by Gasteiger charge is -2.24. The highest BCUT2D eigenvalue weighted by atomic mass is 32.2. The second-order valence-corrected chi connectivity index (χ2v) is 5.07. The van der Waals surface area contributed by atoms with E-state index in [0.29, 0.717) is 0 Å². The van der Waals surface area contributed by atoms with Crippen molar-refractivity contribution in [3.05, 3.63) is 54.1 Å². The van der Waals surface area contributed by atoms with Gasteiger partial charge in [-0.2, -0.15) is 0 Å². The molecular weight excluding hydrogens is 232 g/mol. The average molecular weight is 242 g/mol. The average Bonchev–Trinajstić information content (AvgIpc) is 2.37. The third-order valence-electron chi connectivity index (χ3n) is 2.89. The minimum Gasteiger partial charge on any atom is -0.480 e. The van der Waals surface area contributed by atoms with Crippen molar-refractivity contribution >= 4 is 17.7 Å². The Kier molecular flexibility index (Phi) is 2.41. The molecule has 0 amide bonds. The quantitative estimate of drug-likeness (QED) is 0.830. The number of benzene rings is 2. The topological polar surface area (TPSA) is 37.3 Å². The van der Waals surface area contributed by atoms with Crippen LogP contribution in [-0.2, 0) is 4.79 Å². The highest BCUT2D eigenvalue weighted by molar-refractivity contribution is 8.00. The molecule has 1 heterocycles. The predicted molar refractivity (Wildman–Crippen MR) is 68.1 cm³/mol. The summed E-state index contributed by atoms with van der Waals surface area (Å²) in [6, 6.07) is 15.7. The second kappa shape index (κ2) is 3.93. The molecule has 2 nitrogen and oxygen atoms in total. The number of hydrogen-bond acceptors (Lipinski definition) is 2. The minimum absolute atomic E-state index is 0.499. The van der Waals surface area contributed by atoms with Crippen molar-refractivity contribution in [2.24, 2.45) is 0 Å². The lowest BCUT2D eigenvalue weighted by Crippen LogP contribution is -2.12. The Balaban J connectivity index is 2.26. The van der Waals surface area contributed by atoms with Crippen LogP contribution in [0.25, 0.3) is 11.1 Å². The molecular formula is C14H10O2S. The third-order valence-corrected chi connectivity index (χ3v) is 4.19. The van der Waals surface area contributed by atoms with E-state index in [4.69, 9.17) is 0 Å². The summed E-state index contributed by atoms with van der Waals surface area (Å²) in [5.74, 6) is -0.781. The summed E-state index contributed by atoms with van der Waals surface area (Å²) < 4.78 is 0. The molecule has 1 atom stereocenters. The van der Waals surface area contributed by atoms with Gasteiger partial charge in [-0.1, -0.05) is 42.5 Å².